The van der Waals surface area contributed by atoms with E-state index < -0.39 is 0 Å². The van der Waals surface area contributed by atoms with Crippen LogP contribution in [-0.2, 0) is 0 Å². The molecule has 3 aromatic rings. The minimum atomic E-state index is 0.229. The van der Waals surface area contributed by atoms with Crippen LogP contribution in [0.4, 0.5) is 11.4 Å². The molecule has 4 rings (SSSR count). The van der Waals surface area contributed by atoms with E-state index in [1.54, 1.807) is 0 Å². The molecule has 1 atom stereocenters. The lowest BCUT2D eigenvalue weighted by Gasteiger charge is -2.37. The molecule has 1 unspecified atom stereocenters. The second kappa shape index (κ2) is 5.23. The molecular formula is C20H17NO. The zero-order chi connectivity index (χ0) is 14.9. The molecule has 108 valence electrons. The summed E-state index contributed by atoms with van der Waals surface area (Å²) in [4.78, 5) is 2.35. The third-order valence-electron chi connectivity index (χ3n) is 4.14. The maximum absolute atomic E-state index is 6.05. The molecule has 0 saturated carbocycles. The molecule has 0 aliphatic carbocycles. The van der Waals surface area contributed by atoms with Crippen molar-refractivity contribution in [2.75, 3.05) is 4.90 Å². The maximum atomic E-state index is 6.05. The second-order valence-corrected chi connectivity index (χ2v) is 5.49. The van der Waals surface area contributed by atoms with E-state index in [9.17, 15) is 0 Å². The average molecular weight is 287 g/mol. The summed E-state index contributed by atoms with van der Waals surface area (Å²) in [6.45, 7) is 2.23. The largest absolute Gasteiger partial charge is 0.453 e. The third kappa shape index (κ3) is 2.04. The number of nitrogens with zero attached hydrogens (tertiary/aromatic N) is 1. The summed E-state index contributed by atoms with van der Waals surface area (Å²) >= 11 is 0. The van der Waals surface area contributed by atoms with Crippen molar-refractivity contribution < 1.29 is 4.74 Å². The van der Waals surface area contributed by atoms with Gasteiger partial charge in [0.25, 0.3) is 0 Å². The molecule has 1 aliphatic rings. The smallest absolute Gasteiger partial charge is 0.151 e. The molecule has 0 bridgehead atoms. The van der Waals surface area contributed by atoms with Crippen LogP contribution in [0.1, 0.15) is 18.5 Å². The molecule has 0 amide bonds. The van der Waals surface area contributed by atoms with E-state index in [-0.39, 0.29) is 6.04 Å². The Labute approximate surface area is 130 Å². The van der Waals surface area contributed by atoms with E-state index in [1.807, 2.05) is 24.3 Å². The van der Waals surface area contributed by atoms with E-state index in [2.05, 4.69) is 66.4 Å². The summed E-state index contributed by atoms with van der Waals surface area (Å²) in [5.74, 6) is 1.81. The molecule has 0 N–H and O–H groups in total. The Bertz CT molecular complexity index is 752. The van der Waals surface area contributed by atoms with Gasteiger partial charge in [0.15, 0.2) is 11.5 Å². The lowest BCUT2D eigenvalue weighted by Crippen LogP contribution is -2.24. The highest BCUT2D eigenvalue weighted by Crippen LogP contribution is 2.49. The van der Waals surface area contributed by atoms with Gasteiger partial charge in [0.2, 0.25) is 0 Å². The van der Waals surface area contributed by atoms with Crippen molar-refractivity contribution in [1.82, 2.24) is 0 Å². The fourth-order valence-electron chi connectivity index (χ4n) is 3.03. The van der Waals surface area contributed by atoms with Crippen molar-refractivity contribution in [1.29, 1.82) is 0 Å². The van der Waals surface area contributed by atoms with E-state index in [0.717, 1.165) is 22.9 Å². The van der Waals surface area contributed by atoms with Gasteiger partial charge in [0.1, 0.15) is 0 Å². The average Bonchev–Trinajstić information content (AvgIpc) is 2.60. The Morgan fingerprint density at radius 3 is 1.77 bits per heavy atom. The number of anilines is 2. The summed E-state index contributed by atoms with van der Waals surface area (Å²) in [5.41, 5.74) is 3.50. The number of benzene rings is 3. The van der Waals surface area contributed by atoms with E-state index in [0.29, 0.717) is 0 Å². The topological polar surface area (TPSA) is 12.5 Å². The van der Waals surface area contributed by atoms with Crippen LogP contribution in [0.15, 0.2) is 78.9 Å². The number of rotatable bonds is 2. The van der Waals surface area contributed by atoms with Crippen LogP contribution in [0, 0.1) is 0 Å². The summed E-state index contributed by atoms with van der Waals surface area (Å²) in [5, 5.41) is 0. The fraction of sp³-hybridized carbons (Fsp3) is 0.100. The minimum absolute atomic E-state index is 0.229. The number of ether oxygens (including phenoxy) is 1. The van der Waals surface area contributed by atoms with Gasteiger partial charge in [-0.25, -0.2) is 0 Å². The molecule has 1 aliphatic heterocycles. The van der Waals surface area contributed by atoms with Crippen LogP contribution >= 0.6 is 0 Å². The monoisotopic (exact) mass is 287 g/mol. The molecule has 2 nitrogen and oxygen atoms in total. The molecule has 2 heteroatoms. The van der Waals surface area contributed by atoms with Crippen LogP contribution < -0.4 is 9.64 Å². The van der Waals surface area contributed by atoms with Gasteiger partial charge in [0, 0.05) is 0 Å². The van der Waals surface area contributed by atoms with Gasteiger partial charge in [-0.3, -0.25) is 0 Å². The van der Waals surface area contributed by atoms with Crippen molar-refractivity contribution in [2.45, 2.75) is 13.0 Å². The Balaban J connectivity index is 1.88. The number of hydrogen-bond acceptors (Lipinski definition) is 2. The van der Waals surface area contributed by atoms with Crippen LogP contribution in [0.25, 0.3) is 0 Å². The number of hydrogen-bond donors (Lipinski definition) is 0. The van der Waals surface area contributed by atoms with Crippen LogP contribution in [0.5, 0.6) is 11.5 Å². The van der Waals surface area contributed by atoms with E-state index >= 15 is 0 Å². The van der Waals surface area contributed by atoms with Gasteiger partial charge in [0.05, 0.1) is 17.4 Å². The van der Waals surface area contributed by atoms with Gasteiger partial charge in [-0.15, -0.1) is 0 Å². The van der Waals surface area contributed by atoms with E-state index in [4.69, 9.17) is 4.74 Å². The van der Waals surface area contributed by atoms with Gasteiger partial charge in [-0.1, -0.05) is 54.6 Å². The summed E-state index contributed by atoms with van der Waals surface area (Å²) in [6, 6.07) is 27.2. The van der Waals surface area contributed by atoms with Crippen LogP contribution in [0.3, 0.4) is 0 Å². The summed E-state index contributed by atoms with van der Waals surface area (Å²) < 4.78 is 6.05. The lowest BCUT2D eigenvalue weighted by molar-refractivity contribution is 0.468. The first-order valence-electron chi connectivity index (χ1n) is 7.55. The minimum Gasteiger partial charge on any atom is -0.453 e. The first-order chi connectivity index (χ1) is 10.8. The van der Waals surface area contributed by atoms with Crippen LogP contribution in [0.2, 0.25) is 0 Å². The third-order valence-corrected chi connectivity index (χ3v) is 4.14. The first-order valence-corrected chi connectivity index (χ1v) is 7.55. The number of fused-ring (bicyclic) bond motifs is 2. The number of para-hydroxylation sites is 4. The SMILES string of the molecule is CC(c1ccccc1)N1c2ccccc2Oc2ccccc21. The zero-order valence-electron chi connectivity index (χ0n) is 12.4. The van der Waals surface area contributed by atoms with Gasteiger partial charge in [-0.2, -0.15) is 0 Å². The predicted octanol–water partition coefficient (Wildman–Crippen LogP) is 5.69. The van der Waals surface area contributed by atoms with Gasteiger partial charge >= 0.3 is 0 Å². The van der Waals surface area contributed by atoms with Crippen LogP contribution in [-0.4, -0.2) is 0 Å². The van der Waals surface area contributed by atoms with Crippen molar-refractivity contribution in [3.05, 3.63) is 84.4 Å². The molecule has 3 aromatic carbocycles. The summed E-state index contributed by atoms with van der Waals surface area (Å²) in [6.07, 6.45) is 0. The highest BCUT2D eigenvalue weighted by Gasteiger charge is 2.28. The van der Waals surface area contributed by atoms with Crippen molar-refractivity contribution in [3.63, 3.8) is 0 Å². The second-order valence-electron chi connectivity index (χ2n) is 5.49. The molecule has 22 heavy (non-hydrogen) atoms. The molecular weight excluding hydrogens is 270 g/mol. The van der Waals surface area contributed by atoms with Gasteiger partial charge < -0.3 is 9.64 Å². The maximum Gasteiger partial charge on any atom is 0.151 e. The van der Waals surface area contributed by atoms with E-state index in [1.165, 1.54) is 5.56 Å². The Morgan fingerprint density at radius 2 is 1.18 bits per heavy atom. The van der Waals surface area contributed by atoms with Gasteiger partial charge in [-0.05, 0) is 36.8 Å². The molecule has 0 fully saturated rings. The molecule has 0 spiro atoms. The molecule has 0 saturated heterocycles. The highest BCUT2D eigenvalue weighted by molar-refractivity contribution is 5.78. The Hall–Kier alpha value is -2.74. The predicted molar refractivity (Wildman–Crippen MR) is 90.0 cm³/mol. The van der Waals surface area contributed by atoms with Crippen molar-refractivity contribution in [2.24, 2.45) is 0 Å². The molecule has 0 aromatic heterocycles. The zero-order valence-corrected chi connectivity index (χ0v) is 12.4. The molecule has 1 heterocycles. The normalized spacial score (nSPS) is 13.8. The first kappa shape index (κ1) is 13.0. The van der Waals surface area contributed by atoms with Crippen molar-refractivity contribution >= 4 is 11.4 Å². The molecule has 0 radical (unpaired) electrons. The Morgan fingerprint density at radius 1 is 0.682 bits per heavy atom. The standard InChI is InChI=1S/C20H17NO/c1-15(16-9-3-2-4-10-16)21-17-11-5-7-13-19(17)22-20-14-8-6-12-18(20)21/h2-15H,1H3. The van der Waals surface area contributed by atoms with Crippen molar-refractivity contribution in [3.8, 4) is 11.5 Å². The quantitative estimate of drug-likeness (QED) is 0.600. The highest BCUT2D eigenvalue weighted by atomic mass is 16.5. The fourth-order valence-corrected chi connectivity index (χ4v) is 3.03. The Kier molecular flexibility index (Phi) is 3.08. The lowest BCUT2D eigenvalue weighted by atomic mass is 10.0. The summed E-state index contributed by atoms with van der Waals surface area (Å²) in [7, 11) is 0.